The molecule has 0 amide bonds. The van der Waals surface area contributed by atoms with E-state index in [1.54, 1.807) is 0 Å². The van der Waals surface area contributed by atoms with Crippen LogP contribution in [0.2, 0.25) is 0 Å². The Morgan fingerprint density at radius 1 is 1.12 bits per heavy atom. The first-order valence-electron chi connectivity index (χ1n) is 10.5. The van der Waals surface area contributed by atoms with Crippen LogP contribution >= 0.6 is 0 Å². The molecule has 0 aromatic carbocycles. The summed E-state index contributed by atoms with van der Waals surface area (Å²) in [7, 11) is 0. The van der Waals surface area contributed by atoms with Crippen LogP contribution in [0.25, 0.3) is 0 Å². The molecule has 3 aliphatic rings. The predicted molar refractivity (Wildman–Crippen MR) is 102 cm³/mol. The minimum atomic E-state index is -0.0956. The van der Waals surface area contributed by atoms with E-state index in [-0.39, 0.29) is 12.0 Å². The van der Waals surface area contributed by atoms with Gasteiger partial charge >= 0.3 is 0 Å². The Morgan fingerprint density at radius 3 is 2.60 bits per heavy atom. The summed E-state index contributed by atoms with van der Waals surface area (Å²) in [5, 5.41) is 17.0. The molecule has 2 aliphatic carbocycles. The molecular weight excluding hydrogens is 314 g/mol. The Morgan fingerprint density at radius 2 is 1.88 bits per heavy atom. The maximum Gasteiger partial charge on any atom is 0.191 e. The summed E-state index contributed by atoms with van der Waals surface area (Å²) in [6.07, 6.45) is 11.5. The quantitative estimate of drug-likeness (QED) is 0.526. The smallest absolute Gasteiger partial charge is 0.191 e. The molecule has 3 rings (SSSR count). The number of nitrogens with zero attached hydrogens (tertiary/aromatic N) is 1. The average Bonchev–Trinajstić information content (AvgIpc) is 2.67. The molecule has 0 aromatic heterocycles. The number of hydrogen-bond acceptors (Lipinski definition) is 3. The van der Waals surface area contributed by atoms with Gasteiger partial charge in [-0.1, -0.05) is 25.7 Å². The number of aliphatic hydroxyl groups is 1. The third-order valence-corrected chi connectivity index (χ3v) is 6.69. The molecule has 0 bridgehead atoms. The summed E-state index contributed by atoms with van der Waals surface area (Å²) < 4.78 is 5.46. The molecule has 1 saturated heterocycles. The number of guanidine groups is 1. The Kier molecular flexibility index (Phi) is 7.00. The molecule has 2 saturated carbocycles. The molecule has 3 N–H and O–H groups in total. The Hall–Kier alpha value is -0.810. The van der Waals surface area contributed by atoms with Crippen molar-refractivity contribution in [2.45, 2.75) is 70.8 Å². The predicted octanol–water partition coefficient (Wildman–Crippen LogP) is 2.69. The van der Waals surface area contributed by atoms with Crippen LogP contribution in [0.1, 0.15) is 64.7 Å². The van der Waals surface area contributed by atoms with E-state index in [1.807, 2.05) is 0 Å². The van der Waals surface area contributed by atoms with Crippen LogP contribution in [0.3, 0.4) is 0 Å². The fraction of sp³-hybridized carbons (Fsp3) is 0.950. The molecule has 144 valence electrons. The van der Waals surface area contributed by atoms with Crippen LogP contribution in [-0.4, -0.2) is 50.0 Å². The van der Waals surface area contributed by atoms with Crippen molar-refractivity contribution in [2.75, 3.05) is 32.9 Å². The molecule has 25 heavy (non-hydrogen) atoms. The van der Waals surface area contributed by atoms with Gasteiger partial charge in [-0.25, -0.2) is 0 Å². The van der Waals surface area contributed by atoms with E-state index in [9.17, 15) is 5.11 Å². The van der Waals surface area contributed by atoms with Gasteiger partial charge in [0.15, 0.2) is 5.96 Å². The second kappa shape index (κ2) is 9.22. The zero-order valence-corrected chi connectivity index (χ0v) is 15.9. The van der Waals surface area contributed by atoms with E-state index >= 15 is 0 Å². The van der Waals surface area contributed by atoms with Crippen LogP contribution in [0.4, 0.5) is 0 Å². The van der Waals surface area contributed by atoms with Crippen molar-refractivity contribution in [2.24, 2.45) is 22.2 Å². The van der Waals surface area contributed by atoms with E-state index in [0.717, 1.165) is 50.4 Å². The Bertz CT molecular complexity index is 435. The number of aliphatic imine (C=N–C) groups is 1. The first kappa shape index (κ1) is 19.0. The molecule has 3 atom stereocenters. The lowest BCUT2D eigenvalue weighted by atomic mass is 9.69. The van der Waals surface area contributed by atoms with Gasteiger partial charge in [-0.15, -0.1) is 0 Å². The molecule has 5 heteroatoms. The van der Waals surface area contributed by atoms with Gasteiger partial charge in [-0.05, 0) is 50.9 Å². The highest BCUT2D eigenvalue weighted by Crippen LogP contribution is 2.40. The van der Waals surface area contributed by atoms with Crippen molar-refractivity contribution in [1.29, 1.82) is 0 Å². The number of hydrogen-bond donors (Lipinski definition) is 3. The molecular formula is C20H37N3O2. The lowest BCUT2D eigenvalue weighted by Crippen LogP contribution is -2.47. The van der Waals surface area contributed by atoms with E-state index < -0.39 is 0 Å². The molecule has 0 radical (unpaired) electrons. The molecule has 3 fully saturated rings. The maximum absolute atomic E-state index is 9.87. The summed E-state index contributed by atoms with van der Waals surface area (Å²) in [5.74, 6) is 2.83. The summed E-state index contributed by atoms with van der Waals surface area (Å²) in [4.78, 5) is 4.86. The van der Waals surface area contributed by atoms with Gasteiger partial charge in [0.25, 0.3) is 0 Å². The second-order valence-corrected chi connectivity index (χ2v) is 8.42. The van der Waals surface area contributed by atoms with Crippen LogP contribution in [-0.2, 0) is 4.74 Å². The summed E-state index contributed by atoms with van der Waals surface area (Å²) in [6.45, 7) is 5.36. The zero-order valence-electron chi connectivity index (χ0n) is 15.9. The minimum absolute atomic E-state index is 0.0956. The van der Waals surface area contributed by atoms with Crippen LogP contribution in [0.5, 0.6) is 0 Å². The van der Waals surface area contributed by atoms with Gasteiger partial charge in [0, 0.05) is 31.2 Å². The van der Waals surface area contributed by atoms with Crippen molar-refractivity contribution < 1.29 is 9.84 Å². The van der Waals surface area contributed by atoms with Gasteiger partial charge < -0.3 is 20.5 Å². The van der Waals surface area contributed by atoms with E-state index in [4.69, 9.17) is 9.73 Å². The summed E-state index contributed by atoms with van der Waals surface area (Å²) >= 11 is 0. The highest BCUT2D eigenvalue weighted by Gasteiger charge is 2.34. The third-order valence-electron chi connectivity index (χ3n) is 6.69. The van der Waals surface area contributed by atoms with Crippen molar-refractivity contribution in [1.82, 2.24) is 10.6 Å². The number of fused-ring (bicyclic) bond motifs is 1. The van der Waals surface area contributed by atoms with Crippen LogP contribution in [0.15, 0.2) is 4.99 Å². The van der Waals surface area contributed by atoms with Gasteiger partial charge in [0.05, 0.1) is 13.2 Å². The highest BCUT2D eigenvalue weighted by atomic mass is 16.5. The minimum Gasteiger partial charge on any atom is -0.396 e. The molecule has 3 unspecified atom stereocenters. The second-order valence-electron chi connectivity index (χ2n) is 8.42. The average molecular weight is 352 g/mol. The fourth-order valence-electron chi connectivity index (χ4n) is 4.94. The third kappa shape index (κ3) is 5.10. The first-order chi connectivity index (χ1) is 12.2. The summed E-state index contributed by atoms with van der Waals surface area (Å²) in [6, 6.07) is 0.553. The van der Waals surface area contributed by atoms with Gasteiger partial charge in [-0.2, -0.15) is 0 Å². The van der Waals surface area contributed by atoms with Gasteiger partial charge in [0.2, 0.25) is 0 Å². The molecule has 5 nitrogen and oxygen atoms in total. The fourth-order valence-corrected chi connectivity index (χ4v) is 4.94. The molecule has 1 aliphatic heterocycles. The molecule has 0 spiro atoms. The van der Waals surface area contributed by atoms with Crippen LogP contribution in [0, 0.1) is 17.3 Å². The maximum atomic E-state index is 9.87. The van der Waals surface area contributed by atoms with E-state index in [2.05, 4.69) is 17.6 Å². The number of rotatable bonds is 5. The highest BCUT2D eigenvalue weighted by molar-refractivity contribution is 5.80. The normalized spacial score (nSPS) is 32.7. The lowest BCUT2D eigenvalue weighted by molar-refractivity contribution is -0.0106. The Balaban J connectivity index is 1.56. The topological polar surface area (TPSA) is 65.9 Å². The summed E-state index contributed by atoms with van der Waals surface area (Å²) in [5.41, 5.74) is -0.0956. The van der Waals surface area contributed by atoms with E-state index in [0.29, 0.717) is 12.6 Å². The zero-order chi connectivity index (χ0) is 17.5. The van der Waals surface area contributed by atoms with Crippen LogP contribution < -0.4 is 10.6 Å². The SMILES string of the molecule is CCNC(=NCC1(CO)CCOCC1)NC1CCC2CCCCC2C1. The molecule has 0 aromatic rings. The molecule has 1 heterocycles. The van der Waals surface area contributed by atoms with Gasteiger partial charge in [0.1, 0.15) is 0 Å². The van der Waals surface area contributed by atoms with E-state index in [1.165, 1.54) is 44.9 Å². The van der Waals surface area contributed by atoms with Gasteiger partial charge in [-0.3, -0.25) is 4.99 Å². The lowest BCUT2D eigenvalue weighted by Gasteiger charge is -2.40. The van der Waals surface area contributed by atoms with Crippen molar-refractivity contribution in [3.63, 3.8) is 0 Å². The standard InChI is InChI=1S/C20H37N3O2/c1-2-21-19(22-14-20(15-24)9-11-25-12-10-20)23-18-8-7-16-5-3-4-6-17(16)13-18/h16-18,24H,2-15H2,1H3,(H2,21,22,23). The first-order valence-corrected chi connectivity index (χ1v) is 10.5. The largest absolute Gasteiger partial charge is 0.396 e. The number of aliphatic hydroxyl groups excluding tert-OH is 1. The Labute approximate surface area is 153 Å². The van der Waals surface area contributed by atoms with Crippen molar-refractivity contribution in [3.8, 4) is 0 Å². The monoisotopic (exact) mass is 351 g/mol. The number of nitrogens with one attached hydrogen (secondary N) is 2. The van der Waals surface area contributed by atoms with Crippen molar-refractivity contribution in [3.05, 3.63) is 0 Å². The van der Waals surface area contributed by atoms with Crippen molar-refractivity contribution >= 4 is 5.96 Å². The number of ether oxygens (including phenoxy) is 1.